The maximum Gasteiger partial charge on any atom is 0.163 e. The van der Waals surface area contributed by atoms with Crippen LogP contribution in [-0.2, 0) is 0 Å². The summed E-state index contributed by atoms with van der Waals surface area (Å²) in [6, 6.07) is 9.03. The lowest BCUT2D eigenvalue weighted by molar-refractivity contribution is 0.0964. The van der Waals surface area contributed by atoms with Gasteiger partial charge in [0, 0.05) is 17.9 Å². The van der Waals surface area contributed by atoms with E-state index in [-0.39, 0.29) is 29.2 Å². The molecule has 1 N–H and O–H groups in total. The highest BCUT2D eigenvalue weighted by atomic mass is 35.5. The second-order valence-electron chi connectivity index (χ2n) is 4.27. The van der Waals surface area contributed by atoms with Gasteiger partial charge in [-0.25, -0.2) is 0 Å². The van der Waals surface area contributed by atoms with E-state index in [4.69, 9.17) is 16.8 Å². The number of carbonyl (C=O) groups excluding carboxylic acids is 1. The number of nitrogens with zero attached hydrogens (tertiary/aromatic N) is 1. The third-order valence-electron chi connectivity index (χ3n) is 2.71. The molecule has 0 aliphatic carbocycles. The minimum absolute atomic E-state index is 0.00565. The van der Waals surface area contributed by atoms with Crippen LogP contribution in [0.4, 0.5) is 0 Å². The predicted molar refractivity (Wildman–Crippen MR) is 68.8 cm³/mol. The van der Waals surface area contributed by atoms with Crippen molar-refractivity contribution < 1.29 is 10.0 Å². The smallest absolute Gasteiger partial charge is 0.163 e. The molecule has 1 unspecified atom stereocenters. The number of halogens is 1. The summed E-state index contributed by atoms with van der Waals surface area (Å²) in [6.07, 6.45) is 0.255. The summed E-state index contributed by atoms with van der Waals surface area (Å²) in [4.78, 5) is 12.0. The zero-order chi connectivity index (χ0) is 12.8. The maximum atomic E-state index is 12.0. The average molecular weight is 254 g/mol. The molecule has 4 heteroatoms. The lowest BCUT2D eigenvalue weighted by Crippen LogP contribution is -2.20. The van der Waals surface area contributed by atoms with Gasteiger partial charge in [0.2, 0.25) is 0 Å². The second kappa shape index (κ2) is 6.40. The second-order valence-corrected chi connectivity index (χ2v) is 4.65. The first kappa shape index (κ1) is 13.7. The Hall–Kier alpha value is -1.35. The van der Waals surface area contributed by atoms with Crippen molar-refractivity contribution in [3.05, 3.63) is 35.9 Å². The van der Waals surface area contributed by atoms with Gasteiger partial charge in [-0.1, -0.05) is 60.9 Å². The minimum Gasteiger partial charge on any atom is -0.410 e. The Morgan fingerprint density at radius 2 is 1.94 bits per heavy atom. The monoisotopic (exact) mass is 253 g/mol. The van der Waals surface area contributed by atoms with Crippen molar-refractivity contribution in [3.8, 4) is 0 Å². The van der Waals surface area contributed by atoms with Crippen LogP contribution in [0.2, 0.25) is 0 Å². The first-order valence-corrected chi connectivity index (χ1v) is 5.89. The molecule has 0 aliphatic heterocycles. The molecule has 0 aliphatic rings. The topological polar surface area (TPSA) is 49.7 Å². The fourth-order valence-electron chi connectivity index (χ4n) is 1.61. The SMILES string of the molecule is CC(C)C(CC(=O)c1ccccc1)/C(Cl)=N/O. The zero-order valence-electron chi connectivity index (χ0n) is 9.93. The van der Waals surface area contributed by atoms with Gasteiger partial charge in [0.15, 0.2) is 5.78 Å². The fraction of sp³-hybridized carbons (Fsp3) is 0.385. The van der Waals surface area contributed by atoms with Gasteiger partial charge in [-0.15, -0.1) is 0 Å². The van der Waals surface area contributed by atoms with Crippen LogP contribution < -0.4 is 0 Å². The molecule has 0 radical (unpaired) electrons. The van der Waals surface area contributed by atoms with Crippen LogP contribution >= 0.6 is 11.6 Å². The van der Waals surface area contributed by atoms with E-state index in [2.05, 4.69) is 5.16 Å². The summed E-state index contributed by atoms with van der Waals surface area (Å²) in [5, 5.41) is 11.8. The van der Waals surface area contributed by atoms with Gasteiger partial charge < -0.3 is 5.21 Å². The third kappa shape index (κ3) is 3.86. The van der Waals surface area contributed by atoms with Crippen molar-refractivity contribution in [3.63, 3.8) is 0 Å². The summed E-state index contributed by atoms with van der Waals surface area (Å²) >= 11 is 5.81. The number of benzene rings is 1. The van der Waals surface area contributed by atoms with Gasteiger partial charge in [0.25, 0.3) is 0 Å². The summed E-state index contributed by atoms with van der Waals surface area (Å²) in [5.41, 5.74) is 0.653. The van der Waals surface area contributed by atoms with Gasteiger partial charge in [-0.05, 0) is 5.92 Å². The summed E-state index contributed by atoms with van der Waals surface area (Å²) in [6.45, 7) is 3.88. The Kier molecular flexibility index (Phi) is 5.16. The number of ketones is 1. The van der Waals surface area contributed by atoms with Crippen LogP contribution in [0, 0.1) is 11.8 Å². The van der Waals surface area contributed by atoms with E-state index in [1.807, 2.05) is 32.0 Å². The molecule has 1 rings (SSSR count). The van der Waals surface area contributed by atoms with E-state index in [0.29, 0.717) is 5.56 Å². The Morgan fingerprint density at radius 1 is 1.35 bits per heavy atom. The largest absolute Gasteiger partial charge is 0.410 e. The predicted octanol–water partition coefficient (Wildman–Crippen LogP) is 3.56. The van der Waals surface area contributed by atoms with Gasteiger partial charge in [0.1, 0.15) is 5.17 Å². The van der Waals surface area contributed by atoms with Gasteiger partial charge in [0.05, 0.1) is 0 Å². The van der Waals surface area contributed by atoms with Crippen LogP contribution in [-0.4, -0.2) is 16.2 Å². The van der Waals surface area contributed by atoms with Crippen molar-refractivity contribution in [2.75, 3.05) is 0 Å². The van der Waals surface area contributed by atoms with Crippen LogP contribution in [0.25, 0.3) is 0 Å². The van der Waals surface area contributed by atoms with Gasteiger partial charge >= 0.3 is 0 Å². The maximum absolute atomic E-state index is 12.0. The zero-order valence-corrected chi connectivity index (χ0v) is 10.7. The van der Waals surface area contributed by atoms with E-state index in [9.17, 15) is 4.79 Å². The third-order valence-corrected chi connectivity index (χ3v) is 3.06. The summed E-state index contributed by atoms with van der Waals surface area (Å²) < 4.78 is 0. The number of oxime groups is 1. The first-order valence-electron chi connectivity index (χ1n) is 5.52. The van der Waals surface area contributed by atoms with Crippen LogP contribution in [0.1, 0.15) is 30.6 Å². The van der Waals surface area contributed by atoms with Crippen molar-refractivity contribution in [1.82, 2.24) is 0 Å². The lowest BCUT2D eigenvalue weighted by Gasteiger charge is -2.17. The van der Waals surface area contributed by atoms with Crippen LogP contribution in [0.15, 0.2) is 35.5 Å². The molecule has 0 saturated heterocycles. The summed E-state index contributed by atoms with van der Waals surface area (Å²) in [5.74, 6) is -0.0912. The normalized spacial score (nSPS) is 13.8. The highest BCUT2D eigenvalue weighted by molar-refractivity contribution is 6.65. The molecule has 3 nitrogen and oxygen atoms in total. The molecular formula is C13H16ClNO2. The summed E-state index contributed by atoms with van der Waals surface area (Å²) in [7, 11) is 0. The molecule has 1 aromatic rings. The molecule has 1 aromatic carbocycles. The molecule has 0 heterocycles. The molecule has 1 atom stereocenters. The van der Waals surface area contributed by atoms with Crippen LogP contribution in [0.5, 0.6) is 0 Å². The number of rotatable bonds is 5. The number of hydrogen-bond donors (Lipinski definition) is 1. The molecule has 17 heavy (non-hydrogen) atoms. The van der Waals surface area contributed by atoms with Crippen molar-refractivity contribution in [2.45, 2.75) is 20.3 Å². The molecule has 0 bridgehead atoms. The molecule has 0 amide bonds. The Bertz CT molecular complexity index is 401. The van der Waals surface area contributed by atoms with Gasteiger partial charge in [-0.2, -0.15) is 0 Å². The van der Waals surface area contributed by atoms with Crippen molar-refractivity contribution in [1.29, 1.82) is 0 Å². The van der Waals surface area contributed by atoms with Crippen molar-refractivity contribution in [2.24, 2.45) is 17.0 Å². The highest BCUT2D eigenvalue weighted by Gasteiger charge is 2.23. The molecule has 0 spiro atoms. The molecular weight excluding hydrogens is 238 g/mol. The fourth-order valence-corrected chi connectivity index (χ4v) is 1.94. The van der Waals surface area contributed by atoms with E-state index >= 15 is 0 Å². The Labute approximate surface area is 106 Å². The Morgan fingerprint density at radius 3 is 2.41 bits per heavy atom. The van der Waals surface area contributed by atoms with Crippen molar-refractivity contribution >= 4 is 22.6 Å². The standard InChI is InChI=1S/C13H16ClNO2/c1-9(2)11(13(14)15-17)8-12(16)10-6-4-3-5-7-10/h3-7,9,11,17H,8H2,1-2H3/b15-13-. The van der Waals surface area contributed by atoms with Crippen LogP contribution in [0.3, 0.4) is 0 Å². The number of carbonyl (C=O) groups is 1. The molecule has 92 valence electrons. The first-order chi connectivity index (χ1) is 8.06. The quantitative estimate of drug-likeness (QED) is 0.378. The average Bonchev–Trinajstić information content (AvgIpc) is 2.35. The molecule has 0 saturated carbocycles. The number of hydrogen-bond acceptors (Lipinski definition) is 3. The van der Waals surface area contributed by atoms with E-state index in [1.54, 1.807) is 12.1 Å². The minimum atomic E-state index is -0.241. The van der Waals surface area contributed by atoms with E-state index in [1.165, 1.54) is 0 Å². The van der Waals surface area contributed by atoms with E-state index in [0.717, 1.165) is 0 Å². The van der Waals surface area contributed by atoms with E-state index < -0.39 is 0 Å². The molecule has 0 fully saturated rings. The Balaban J connectivity index is 2.79. The van der Waals surface area contributed by atoms with Gasteiger partial charge in [-0.3, -0.25) is 4.79 Å². The highest BCUT2D eigenvalue weighted by Crippen LogP contribution is 2.21. The number of Topliss-reactive ketones (excluding diaryl/α,β-unsaturated/α-hetero) is 1. The molecule has 0 aromatic heterocycles. The lowest BCUT2D eigenvalue weighted by atomic mass is 9.90.